The molecule has 1 aliphatic rings. The molecule has 1 fully saturated rings. The number of aryl methyl sites for hydroxylation is 1. The Kier molecular flexibility index (Phi) is 2.87. The molecule has 0 bridgehead atoms. The van der Waals surface area contributed by atoms with Crippen LogP contribution < -0.4 is 0 Å². The maximum Gasteiger partial charge on any atom is 0.276 e. The molecule has 92 valence electrons. The van der Waals surface area contributed by atoms with Crippen LogP contribution in [-0.2, 0) is 4.79 Å². The lowest BCUT2D eigenvalue weighted by atomic mass is 9.98. The van der Waals surface area contributed by atoms with Gasteiger partial charge in [0.15, 0.2) is 5.69 Å². The number of likely N-dealkylation sites (tertiary alicyclic amines) is 1. The SMILES string of the molecule is Cc1cc(C(=O)N2CC(C(=O)N(C)C)C2)no1. The maximum atomic E-state index is 11.9. The first kappa shape index (κ1) is 11.6. The molecule has 6 nitrogen and oxygen atoms in total. The molecule has 6 heteroatoms. The van der Waals surface area contributed by atoms with Crippen LogP contribution in [0.15, 0.2) is 10.6 Å². The molecule has 0 atom stereocenters. The van der Waals surface area contributed by atoms with Gasteiger partial charge in [-0.15, -0.1) is 0 Å². The fourth-order valence-corrected chi connectivity index (χ4v) is 1.79. The molecule has 1 aliphatic heterocycles. The topological polar surface area (TPSA) is 66.7 Å². The number of hydrogen-bond donors (Lipinski definition) is 0. The summed E-state index contributed by atoms with van der Waals surface area (Å²) in [5.74, 6) is 0.409. The summed E-state index contributed by atoms with van der Waals surface area (Å²) in [7, 11) is 3.43. The summed E-state index contributed by atoms with van der Waals surface area (Å²) in [4.78, 5) is 26.6. The van der Waals surface area contributed by atoms with Gasteiger partial charge in [0.05, 0.1) is 5.92 Å². The third-order valence-corrected chi connectivity index (χ3v) is 2.81. The zero-order chi connectivity index (χ0) is 12.6. The lowest BCUT2D eigenvalue weighted by Crippen LogP contribution is -2.55. The first-order valence-corrected chi connectivity index (χ1v) is 5.43. The van der Waals surface area contributed by atoms with Gasteiger partial charge in [-0.1, -0.05) is 5.16 Å². The largest absolute Gasteiger partial charge is 0.361 e. The van der Waals surface area contributed by atoms with Crippen molar-refractivity contribution in [2.45, 2.75) is 6.92 Å². The number of carbonyl (C=O) groups excluding carboxylic acids is 2. The summed E-state index contributed by atoms with van der Waals surface area (Å²) >= 11 is 0. The lowest BCUT2D eigenvalue weighted by molar-refractivity contribution is -0.137. The van der Waals surface area contributed by atoms with Gasteiger partial charge in [0, 0.05) is 33.3 Å². The van der Waals surface area contributed by atoms with Crippen LogP contribution in [0.3, 0.4) is 0 Å². The molecule has 0 unspecified atom stereocenters. The van der Waals surface area contributed by atoms with Crippen LogP contribution in [0.4, 0.5) is 0 Å². The molecule has 0 radical (unpaired) electrons. The first-order valence-electron chi connectivity index (χ1n) is 5.43. The summed E-state index contributed by atoms with van der Waals surface area (Å²) in [6.07, 6.45) is 0. The van der Waals surface area contributed by atoms with Crippen LogP contribution in [0.5, 0.6) is 0 Å². The van der Waals surface area contributed by atoms with Gasteiger partial charge in [-0.05, 0) is 6.92 Å². The second-order valence-corrected chi connectivity index (χ2v) is 4.46. The van der Waals surface area contributed by atoms with E-state index in [2.05, 4.69) is 5.16 Å². The Balaban J connectivity index is 1.92. The second-order valence-electron chi connectivity index (χ2n) is 4.46. The number of amides is 2. The quantitative estimate of drug-likeness (QED) is 0.734. The number of hydrogen-bond acceptors (Lipinski definition) is 4. The fraction of sp³-hybridized carbons (Fsp3) is 0.545. The smallest absolute Gasteiger partial charge is 0.276 e. The fourth-order valence-electron chi connectivity index (χ4n) is 1.79. The highest BCUT2D eigenvalue weighted by Crippen LogP contribution is 2.20. The highest BCUT2D eigenvalue weighted by atomic mass is 16.5. The molecule has 0 saturated carbocycles. The van der Waals surface area contributed by atoms with Gasteiger partial charge in [0.25, 0.3) is 5.91 Å². The van der Waals surface area contributed by atoms with E-state index in [-0.39, 0.29) is 17.7 Å². The molecule has 2 amide bonds. The highest BCUT2D eigenvalue weighted by Gasteiger charge is 2.37. The predicted octanol–water partition coefficient (Wildman–Crippen LogP) is 0.143. The molecule has 0 aromatic carbocycles. The van der Waals surface area contributed by atoms with Crippen molar-refractivity contribution < 1.29 is 14.1 Å². The predicted molar refractivity (Wildman–Crippen MR) is 59.3 cm³/mol. The molecule has 2 rings (SSSR count). The molecule has 0 spiro atoms. The van der Waals surface area contributed by atoms with Crippen molar-refractivity contribution in [2.24, 2.45) is 5.92 Å². The Hall–Kier alpha value is -1.85. The van der Waals surface area contributed by atoms with E-state index in [0.29, 0.717) is 24.5 Å². The number of rotatable bonds is 2. The van der Waals surface area contributed by atoms with E-state index in [0.717, 1.165) is 0 Å². The van der Waals surface area contributed by atoms with Crippen molar-refractivity contribution in [1.29, 1.82) is 0 Å². The van der Waals surface area contributed by atoms with Gasteiger partial charge in [0.1, 0.15) is 5.76 Å². The summed E-state index contributed by atoms with van der Waals surface area (Å²) in [5, 5.41) is 3.66. The molecule has 17 heavy (non-hydrogen) atoms. The minimum atomic E-state index is -0.176. The molecular formula is C11H15N3O3. The van der Waals surface area contributed by atoms with Crippen LogP contribution in [0.2, 0.25) is 0 Å². The highest BCUT2D eigenvalue weighted by molar-refractivity contribution is 5.94. The van der Waals surface area contributed by atoms with Gasteiger partial charge in [-0.3, -0.25) is 9.59 Å². The average molecular weight is 237 g/mol. The molecular weight excluding hydrogens is 222 g/mol. The molecule has 2 heterocycles. The van der Waals surface area contributed by atoms with E-state index < -0.39 is 0 Å². The van der Waals surface area contributed by atoms with Crippen molar-refractivity contribution in [1.82, 2.24) is 15.0 Å². The standard InChI is InChI=1S/C11H15N3O3/c1-7-4-9(12-17-7)11(16)14-5-8(6-14)10(15)13(2)3/h4,8H,5-6H2,1-3H3. The van der Waals surface area contributed by atoms with E-state index in [9.17, 15) is 9.59 Å². The average Bonchev–Trinajstić information content (AvgIpc) is 2.62. The van der Waals surface area contributed by atoms with Gasteiger partial charge in [-0.2, -0.15) is 0 Å². The Labute approximate surface area is 99.2 Å². The van der Waals surface area contributed by atoms with Crippen molar-refractivity contribution in [2.75, 3.05) is 27.2 Å². The molecule has 0 N–H and O–H groups in total. The molecule has 1 aromatic heterocycles. The summed E-state index contributed by atoms with van der Waals surface area (Å²) < 4.78 is 4.84. The first-order chi connectivity index (χ1) is 7.99. The monoisotopic (exact) mass is 237 g/mol. The van der Waals surface area contributed by atoms with Gasteiger partial charge in [-0.25, -0.2) is 0 Å². The third kappa shape index (κ3) is 2.15. The Morgan fingerprint density at radius 3 is 2.59 bits per heavy atom. The van der Waals surface area contributed by atoms with E-state index in [4.69, 9.17) is 4.52 Å². The van der Waals surface area contributed by atoms with Crippen molar-refractivity contribution >= 4 is 11.8 Å². The van der Waals surface area contributed by atoms with Gasteiger partial charge in [0.2, 0.25) is 5.91 Å². The van der Waals surface area contributed by atoms with Gasteiger partial charge < -0.3 is 14.3 Å². The Bertz CT molecular complexity index is 447. The Morgan fingerprint density at radius 1 is 1.47 bits per heavy atom. The lowest BCUT2D eigenvalue weighted by Gasteiger charge is -2.38. The van der Waals surface area contributed by atoms with E-state index in [1.165, 1.54) is 0 Å². The van der Waals surface area contributed by atoms with Crippen molar-refractivity contribution in [3.63, 3.8) is 0 Å². The number of aromatic nitrogens is 1. The van der Waals surface area contributed by atoms with Gasteiger partial charge >= 0.3 is 0 Å². The van der Waals surface area contributed by atoms with Crippen LogP contribution in [0.25, 0.3) is 0 Å². The molecule has 0 aliphatic carbocycles. The van der Waals surface area contributed by atoms with Crippen LogP contribution in [-0.4, -0.2) is 54.0 Å². The normalized spacial score (nSPS) is 15.6. The summed E-state index contributed by atoms with van der Waals surface area (Å²) in [6, 6.07) is 1.60. The zero-order valence-corrected chi connectivity index (χ0v) is 10.1. The van der Waals surface area contributed by atoms with Crippen LogP contribution in [0, 0.1) is 12.8 Å². The van der Waals surface area contributed by atoms with E-state index >= 15 is 0 Å². The minimum absolute atomic E-state index is 0.0605. The van der Waals surface area contributed by atoms with Crippen molar-refractivity contribution in [3.05, 3.63) is 17.5 Å². The second kappa shape index (κ2) is 4.20. The van der Waals surface area contributed by atoms with E-state index in [1.807, 2.05) is 0 Å². The third-order valence-electron chi connectivity index (χ3n) is 2.81. The van der Waals surface area contributed by atoms with Crippen LogP contribution in [0.1, 0.15) is 16.2 Å². The minimum Gasteiger partial charge on any atom is -0.361 e. The molecule has 1 saturated heterocycles. The number of nitrogens with zero attached hydrogens (tertiary/aromatic N) is 3. The Morgan fingerprint density at radius 2 is 2.12 bits per heavy atom. The summed E-state index contributed by atoms with van der Waals surface area (Å²) in [6.45, 7) is 2.65. The van der Waals surface area contributed by atoms with E-state index in [1.54, 1.807) is 36.9 Å². The van der Waals surface area contributed by atoms with Crippen molar-refractivity contribution in [3.8, 4) is 0 Å². The zero-order valence-electron chi connectivity index (χ0n) is 10.1. The molecule has 1 aromatic rings. The van der Waals surface area contributed by atoms with Crippen LogP contribution >= 0.6 is 0 Å². The summed E-state index contributed by atoms with van der Waals surface area (Å²) in [5.41, 5.74) is 0.304. The maximum absolute atomic E-state index is 11.9. The number of carbonyl (C=O) groups is 2.